The van der Waals surface area contributed by atoms with E-state index in [4.69, 9.17) is 24.7 Å². The SMILES string of the molecule is CNC(=O)C[C@@H]1NC(=O)c2csc(n2)-c2ccc(-c3nc(C=O)cs3)nc2-c2csc(n2)-c2csc(n2)[C@H]([C@@H](O)c2ccccc2)NC(=O)CNC(=O)c2nc(sc2COC)NC(=O)c2nc1sc2C. The molecule has 356 valence electrons. The Morgan fingerprint density at radius 3 is 2.29 bits per heavy atom. The monoisotopic (exact) mass is 1050 g/mol. The van der Waals surface area contributed by atoms with Crippen LogP contribution < -0.4 is 26.6 Å². The van der Waals surface area contributed by atoms with Crippen molar-refractivity contribution in [3.05, 3.63) is 112 Å². The number of aldehydes is 1. The van der Waals surface area contributed by atoms with Gasteiger partial charge in [-0.05, 0) is 24.6 Å². The molecule has 10 bridgehead atoms. The molecule has 26 heteroatoms. The summed E-state index contributed by atoms with van der Waals surface area (Å²) in [6.07, 6.45) is -0.816. The summed E-state index contributed by atoms with van der Waals surface area (Å²) in [6, 6.07) is 10.2. The maximum absolute atomic E-state index is 14.0. The van der Waals surface area contributed by atoms with Crippen molar-refractivity contribution in [1.29, 1.82) is 0 Å². The average molecular weight is 1050 g/mol. The number of fused-ring (bicyclic) bond motifs is 14. The summed E-state index contributed by atoms with van der Waals surface area (Å²) in [4.78, 5) is 113. The van der Waals surface area contributed by atoms with Gasteiger partial charge in [0.25, 0.3) is 17.7 Å². The van der Waals surface area contributed by atoms with Crippen LogP contribution in [0.4, 0.5) is 5.13 Å². The first-order valence-electron chi connectivity index (χ1n) is 20.8. The normalized spacial score (nSPS) is 15.9. The first kappa shape index (κ1) is 48.1. The summed E-state index contributed by atoms with van der Waals surface area (Å²) >= 11 is 7.00. The van der Waals surface area contributed by atoms with Gasteiger partial charge in [-0.3, -0.25) is 34.1 Å². The summed E-state index contributed by atoms with van der Waals surface area (Å²) in [5.74, 6) is -3.04. The molecular formula is C44H36N12O8S6. The topological polar surface area (TPSA) is 282 Å². The van der Waals surface area contributed by atoms with Crippen LogP contribution in [0.2, 0.25) is 0 Å². The van der Waals surface area contributed by atoms with Gasteiger partial charge in [0.1, 0.15) is 77.0 Å². The summed E-state index contributed by atoms with van der Waals surface area (Å²) in [7, 11) is 2.89. The molecule has 70 heavy (non-hydrogen) atoms. The van der Waals surface area contributed by atoms with Crippen LogP contribution in [0.1, 0.15) is 91.9 Å². The van der Waals surface area contributed by atoms with E-state index >= 15 is 0 Å². The number of methoxy groups -OCH3 is 1. The van der Waals surface area contributed by atoms with Gasteiger partial charge in [0.15, 0.2) is 11.4 Å². The highest BCUT2D eigenvalue weighted by Crippen LogP contribution is 2.39. The van der Waals surface area contributed by atoms with E-state index in [1.807, 2.05) is 0 Å². The van der Waals surface area contributed by atoms with Gasteiger partial charge in [0.05, 0.1) is 36.2 Å². The number of rotatable bonds is 8. The number of anilines is 1. The lowest BCUT2D eigenvalue weighted by atomic mass is 10.0. The molecule has 0 saturated carbocycles. The number of hydrogen-bond donors (Lipinski definition) is 6. The number of ether oxygens (including phenoxy) is 1. The zero-order valence-corrected chi connectivity index (χ0v) is 41.6. The predicted molar refractivity (Wildman–Crippen MR) is 265 cm³/mol. The number of amides is 5. The lowest BCUT2D eigenvalue weighted by Crippen LogP contribution is -2.40. The molecule has 7 aromatic heterocycles. The molecule has 0 unspecified atom stereocenters. The second kappa shape index (κ2) is 21.0. The molecule has 0 spiro atoms. The van der Waals surface area contributed by atoms with E-state index in [0.29, 0.717) is 70.0 Å². The largest absolute Gasteiger partial charge is 0.386 e. The lowest BCUT2D eigenvalue weighted by molar-refractivity contribution is -0.122. The molecule has 0 radical (unpaired) electrons. The molecule has 0 aliphatic carbocycles. The number of hydrogen-bond acceptors (Lipinski definition) is 21. The van der Waals surface area contributed by atoms with E-state index in [0.717, 1.165) is 22.7 Å². The van der Waals surface area contributed by atoms with Crippen LogP contribution in [-0.2, 0) is 20.9 Å². The second-order valence-electron chi connectivity index (χ2n) is 15.1. The number of carbonyl (C=O) groups excluding carboxylic acids is 6. The van der Waals surface area contributed by atoms with Crippen LogP contribution >= 0.6 is 68.0 Å². The molecule has 3 atom stereocenters. The number of nitrogens with zero attached hydrogens (tertiary/aromatic N) is 7. The first-order valence-corrected chi connectivity index (χ1v) is 25.9. The van der Waals surface area contributed by atoms with Crippen LogP contribution in [0.25, 0.3) is 43.4 Å². The maximum atomic E-state index is 14.0. The van der Waals surface area contributed by atoms with Crippen LogP contribution in [0, 0.1) is 6.92 Å². The third-order valence-electron chi connectivity index (χ3n) is 10.4. The van der Waals surface area contributed by atoms with E-state index < -0.39 is 54.3 Å². The minimum absolute atomic E-state index is 0.000164. The molecule has 6 N–H and O–H groups in total. The minimum Gasteiger partial charge on any atom is -0.386 e. The second-order valence-corrected chi connectivity index (χ2v) is 20.8. The van der Waals surface area contributed by atoms with Crippen molar-refractivity contribution in [3.8, 4) is 43.4 Å². The molecule has 8 heterocycles. The molecule has 0 fully saturated rings. The highest BCUT2D eigenvalue weighted by Gasteiger charge is 2.31. The molecule has 20 nitrogen and oxygen atoms in total. The van der Waals surface area contributed by atoms with Gasteiger partial charge in [0.2, 0.25) is 11.8 Å². The van der Waals surface area contributed by atoms with Gasteiger partial charge < -0.3 is 31.1 Å². The number of benzene rings is 1. The zero-order valence-electron chi connectivity index (χ0n) is 36.7. The molecule has 1 aliphatic rings. The number of carbonyl (C=O) groups is 6. The van der Waals surface area contributed by atoms with E-state index in [1.54, 1.807) is 70.9 Å². The quantitative estimate of drug-likeness (QED) is 0.0918. The lowest BCUT2D eigenvalue weighted by Gasteiger charge is -2.23. The number of nitrogens with one attached hydrogen (secondary N) is 5. The fourth-order valence-electron chi connectivity index (χ4n) is 6.99. The third-order valence-corrected chi connectivity index (χ3v) is 15.9. The Labute approximate surface area is 420 Å². The number of aliphatic hydroxyl groups excluding tert-OH is 1. The molecule has 8 aromatic rings. The fourth-order valence-corrected chi connectivity index (χ4v) is 12.2. The van der Waals surface area contributed by atoms with E-state index in [2.05, 4.69) is 41.5 Å². The van der Waals surface area contributed by atoms with Gasteiger partial charge in [-0.25, -0.2) is 34.9 Å². The average Bonchev–Trinajstić information content (AvgIpc) is 4.24. The van der Waals surface area contributed by atoms with Crippen molar-refractivity contribution in [2.45, 2.75) is 38.1 Å². The number of aromatic nitrogens is 7. The molecular weight excluding hydrogens is 1020 g/mol. The Balaban J connectivity index is 1.13. The maximum Gasteiger partial charge on any atom is 0.277 e. The van der Waals surface area contributed by atoms with E-state index in [1.165, 1.54) is 59.5 Å². The fraction of sp³-hybridized carbons (Fsp3) is 0.205. The number of aliphatic hydroxyl groups is 1. The molecule has 0 saturated heterocycles. The summed E-state index contributed by atoms with van der Waals surface area (Å²) in [6.45, 7) is 1.11. The standard InChI is InChI=1S/C44H36N12O8S6/c1-19-31-38(63)56-44-55-33(28(70-44)14-64-3)37(62)46-12-30(59)53-34(35(60)20-7-5-4-6-8-20)43-52-27(18-68-43)41-50-25(16-67-41)32-22(9-10-23(48-32)40-47-21(13-57)15-65-40)39-51-26(17-66-39)36(61)49-24(11-29(58)45-2)42(54-31)69-19/h4-10,13,15-18,24,34-35,60H,11-12,14H2,1-3H3,(H,45,58)(H,46,62)(H,49,61)(H,53,59)(H,55,56,63)/t24-,34-,35-/m0/s1. The van der Waals surface area contributed by atoms with Gasteiger partial charge in [-0.2, -0.15) is 0 Å². The third kappa shape index (κ3) is 10.3. The number of thiazole rings is 6. The highest BCUT2D eigenvalue weighted by atomic mass is 32.1. The van der Waals surface area contributed by atoms with Gasteiger partial charge in [-0.15, -0.1) is 56.7 Å². The van der Waals surface area contributed by atoms with Crippen LogP contribution in [0.3, 0.4) is 0 Å². The zero-order chi connectivity index (χ0) is 49.1. The first-order chi connectivity index (χ1) is 33.9. The van der Waals surface area contributed by atoms with Crippen molar-refractivity contribution in [2.75, 3.05) is 26.0 Å². The van der Waals surface area contributed by atoms with Crippen LogP contribution in [-0.4, -0.2) is 96.5 Å². The smallest absolute Gasteiger partial charge is 0.277 e. The van der Waals surface area contributed by atoms with Gasteiger partial charge in [0, 0.05) is 46.1 Å². The van der Waals surface area contributed by atoms with Crippen LogP contribution in [0.15, 0.2) is 64.0 Å². The molecule has 1 aromatic carbocycles. The van der Waals surface area contributed by atoms with Crippen molar-refractivity contribution in [2.24, 2.45) is 0 Å². The Morgan fingerprint density at radius 1 is 0.771 bits per heavy atom. The highest BCUT2D eigenvalue weighted by molar-refractivity contribution is 7.16. The molecule has 9 rings (SSSR count). The van der Waals surface area contributed by atoms with Gasteiger partial charge in [-0.1, -0.05) is 41.7 Å². The van der Waals surface area contributed by atoms with Gasteiger partial charge >= 0.3 is 0 Å². The Bertz CT molecular complexity index is 3290. The van der Waals surface area contributed by atoms with E-state index in [9.17, 15) is 33.9 Å². The summed E-state index contributed by atoms with van der Waals surface area (Å²) in [5, 5.41) is 34.1. The number of aryl methyl sites for hydroxylation is 1. The summed E-state index contributed by atoms with van der Waals surface area (Å²) in [5.41, 5.74) is 2.97. The minimum atomic E-state index is -1.26. The van der Waals surface area contributed by atoms with Crippen molar-refractivity contribution in [1.82, 2.24) is 56.2 Å². The van der Waals surface area contributed by atoms with Crippen molar-refractivity contribution >= 4 is 109 Å². The van der Waals surface area contributed by atoms with E-state index in [-0.39, 0.29) is 45.9 Å². The van der Waals surface area contributed by atoms with Crippen molar-refractivity contribution < 1.29 is 38.6 Å². The van der Waals surface area contributed by atoms with Crippen molar-refractivity contribution in [3.63, 3.8) is 0 Å². The number of pyridine rings is 1. The van der Waals surface area contributed by atoms with Crippen LogP contribution in [0.5, 0.6) is 0 Å². The summed E-state index contributed by atoms with van der Waals surface area (Å²) < 4.78 is 5.32. The predicted octanol–water partition coefficient (Wildman–Crippen LogP) is 6.25. The Kier molecular flexibility index (Phi) is 14.4. The Hall–Kier alpha value is -6.91. The Morgan fingerprint density at radius 2 is 1.51 bits per heavy atom. The molecule has 1 aliphatic heterocycles. The molecule has 5 amide bonds.